The van der Waals surface area contributed by atoms with Gasteiger partial charge < -0.3 is 15.8 Å². The Morgan fingerprint density at radius 1 is 1.47 bits per heavy atom. The molecule has 84 valence electrons. The van der Waals surface area contributed by atoms with E-state index in [2.05, 4.69) is 10.4 Å². The first kappa shape index (κ1) is 10.3. The molecule has 1 aliphatic heterocycles. The number of nitrogens with zero attached hydrogens (tertiary/aromatic N) is 2. The summed E-state index contributed by atoms with van der Waals surface area (Å²) in [5.74, 6) is 0.930. The second-order valence-corrected chi connectivity index (χ2v) is 4.00. The maximum Gasteiger partial charge on any atom is 0.147 e. The summed E-state index contributed by atoms with van der Waals surface area (Å²) in [7, 11) is 1.91. The summed E-state index contributed by atoms with van der Waals surface area (Å²) in [6.45, 7) is 3.58. The maximum atomic E-state index is 5.94. The van der Waals surface area contributed by atoms with Crippen LogP contribution in [0, 0.1) is 6.92 Å². The third kappa shape index (κ3) is 2.07. The molecule has 0 atom stereocenters. The van der Waals surface area contributed by atoms with Crippen molar-refractivity contribution in [1.82, 2.24) is 9.78 Å². The number of rotatable bonds is 2. The number of aryl methyl sites for hydroxylation is 2. The molecule has 1 aliphatic rings. The quantitative estimate of drug-likeness (QED) is 0.761. The van der Waals surface area contributed by atoms with Gasteiger partial charge in [-0.2, -0.15) is 5.10 Å². The summed E-state index contributed by atoms with van der Waals surface area (Å²) in [4.78, 5) is 0. The van der Waals surface area contributed by atoms with Gasteiger partial charge in [0.25, 0.3) is 0 Å². The molecular formula is C10H18N4O. The minimum absolute atomic E-state index is 0.454. The van der Waals surface area contributed by atoms with Crippen molar-refractivity contribution in [3.63, 3.8) is 0 Å². The fourth-order valence-electron chi connectivity index (χ4n) is 1.88. The topological polar surface area (TPSA) is 65.1 Å². The Hall–Kier alpha value is -1.23. The molecule has 0 unspecified atom stereocenters. The van der Waals surface area contributed by atoms with Gasteiger partial charge in [-0.1, -0.05) is 0 Å². The molecule has 0 aromatic carbocycles. The van der Waals surface area contributed by atoms with Crippen LogP contribution in [0.3, 0.4) is 0 Å². The zero-order valence-electron chi connectivity index (χ0n) is 9.29. The van der Waals surface area contributed by atoms with Crippen molar-refractivity contribution < 1.29 is 4.74 Å². The van der Waals surface area contributed by atoms with Crippen molar-refractivity contribution in [1.29, 1.82) is 0 Å². The number of anilines is 2. The molecule has 1 saturated heterocycles. The molecule has 1 fully saturated rings. The fourth-order valence-corrected chi connectivity index (χ4v) is 1.88. The maximum absolute atomic E-state index is 5.94. The molecule has 0 radical (unpaired) electrons. The highest BCUT2D eigenvalue weighted by Crippen LogP contribution is 2.23. The summed E-state index contributed by atoms with van der Waals surface area (Å²) >= 11 is 0. The molecule has 1 aromatic heterocycles. The predicted octanol–water partition coefficient (Wildman–Crippen LogP) is 0.902. The van der Waals surface area contributed by atoms with E-state index in [0.717, 1.165) is 43.3 Å². The third-order valence-electron chi connectivity index (χ3n) is 2.83. The van der Waals surface area contributed by atoms with Gasteiger partial charge in [-0.15, -0.1) is 0 Å². The first-order chi connectivity index (χ1) is 7.18. The molecular weight excluding hydrogens is 192 g/mol. The van der Waals surface area contributed by atoms with Gasteiger partial charge in [-0.25, -0.2) is 0 Å². The van der Waals surface area contributed by atoms with E-state index in [9.17, 15) is 0 Å². The second-order valence-electron chi connectivity index (χ2n) is 4.00. The molecule has 1 aromatic rings. The van der Waals surface area contributed by atoms with Crippen LogP contribution in [0.25, 0.3) is 0 Å². The van der Waals surface area contributed by atoms with Gasteiger partial charge in [0.15, 0.2) is 0 Å². The zero-order valence-corrected chi connectivity index (χ0v) is 9.29. The van der Waals surface area contributed by atoms with Gasteiger partial charge in [0.2, 0.25) is 0 Å². The number of aromatic nitrogens is 2. The molecule has 5 heteroatoms. The lowest BCUT2D eigenvalue weighted by atomic mass is 10.1. The molecule has 2 rings (SSSR count). The smallest absolute Gasteiger partial charge is 0.147 e. The molecule has 2 heterocycles. The van der Waals surface area contributed by atoms with Crippen LogP contribution in [0.5, 0.6) is 0 Å². The first-order valence-electron chi connectivity index (χ1n) is 5.32. The van der Waals surface area contributed by atoms with Crippen LogP contribution in [-0.2, 0) is 11.8 Å². The summed E-state index contributed by atoms with van der Waals surface area (Å²) in [5, 5.41) is 7.71. The average Bonchev–Trinajstić information content (AvgIpc) is 2.47. The monoisotopic (exact) mass is 210 g/mol. The van der Waals surface area contributed by atoms with Crippen LogP contribution in [-0.4, -0.2) is 29.0 Å². The van der Waals surface area contributed by atoms with E-state index in [1.807, 2.05) is 14.0 Å². The fraction of sp³-hybridized carbons (Fsp3) is 0.700. The van der Waals surface area contributed by atoms with Crippen LogP contribution in [0.4, 0.5) is 11.5 Å². The molecule has 3 N–H and O–H groups in total. The molecule has 5 nitrogen and oxygen atoms in total. The minimum atomic E-state index is 0.454. The van der Waals surface area contributed by atoms with Crippen LogP contribution >= 0.6 is 0 Å². The van der Waals surface area contributed by atoms with E-state index in [0.29, 0.717) is 6.04 Å². The summed E-state index contributed by atoms with van der Waals surface area (Å²) in [6, 6.07) is 0.454. The van der Waals surface area contributed by atoms with Gasteiger partial charge in [0, 0.05) is 26.3 Å². The summed E-state index contributed by atoms with van der Waals surface area (Å²) in [6.07, 6.45) is 2.06. The molecule has 15 heavy (non-hydrogen) atoms. The minimum Gasteiger partial charge on any atom is -0.394 e. The lowest BCUT2D eigenvalue weighted by Crippen LogP contribution is -2.29. The molecule has 0 aliphatic carbocycles. The average molecular weight is 210 g/mol. The van der Waals surface area contributed by atoms with Crippen LogP contribution < -0.4 is 11.1 Å². The number of hydrogen-bond donors (Lipinski definition) is 2. The standard InChI is InChI=1S/C10H18N4O/c1-7-9(11)10(14(2)13-7)12-8-3-5-15-6-4-8/h8,12H,3-6,11H2,1-2H3. The van der Waals surface area contributed by atoms with Gasteiger partial charge in [0.05, 0.1) is 11.4 Å². The number of hydrogen-bond acceptors (Lipinski definition) is 4. The van der Waals surface area contributed by atoms with Gasteiger partial charge >= 0.3 is 0 Å². The zero-order chi connectivity index (χ0) is 10.8. The Kier molecular flexibility index (Phi) is 2.81. The van der Waals surface area contributed by atoms with Crippen molar-refractivity contribution in [3.8, 4) is 0 Å². The SMILES string of the molecule is Cc1nn(C)c(NC2CCOCC2)c1N. The largest absolute Gasteiger partial charge is 0.394 e. The van der Waals surface area contributed by atoms with Crippen molar-refractivity contribution in [2.45, 2.75) is 25.8 Å². The summed E-state index contributed by atoms with van der Waals surface area (Å²) < 4.78 is 7.12. The first-order valence-corrected chi connectivity index (χ1v) is 5.32. The third-order valence-corrected chi connectivity index (χ3v) is 2.83. The Bertz CT molecular complexity index is 341. The number of nitrogen functional groups attached to an aromatic ring is 1. The van der Waals surface area contributed by atoms with E-state index in [-0.39, 0.29) is 0 Å². The number of nitrogens with two attached hydrogens (primary N) is 1. The predicted molar refractivity (Wildman–Crippen MR) is 59.8 cm³/mol. The molecule has 0 spiro atoms. The lowest BCUT2D eigenvalue weighted by Gasteiger charge is -2.24. The van der Waals surface area contributed by atoms with Crippen molar-refractivity contribution >= 4 is 11.5 Å². The van der Waals surface area contributed by atoms with Gasteiger partial charge in [-0.3, -0.25) is 4.68 Å². The van der Waals surface area contributed by atoms with E-state index < -0.39 is 0 Å². The summed E-state index contributed by atoms with van der Waals surface area (Å²) in [5.41, 5.74) is 7.58. The van der Waals surface area contributed by atoms with Gasteiger partial charge in [-0.05, 0) is 19.8 Å². The number of ether oxygens (including phenoxy) is 1. The number of nitrogens with one attached hydrogen (secondary N) is 1. The Morgan fingerprint density at radius 2 is 2.13 bits per heavy atom. The molecule has 0 saturated carbocycles. The Balaban J connectivity index is 2.09. The van der Waals surface area contributed by atoms with E-state index in [1.54, 1.807) is 4.68 Å². The van der Waals surface area contributed by atoms with E-state index in [1.165, 1.54) is 0 Å². The highest BCUT2D eigenvalue weighted by molar-refractivity contribution is 5.64. The lowest BCUT2D eigenvalue weighted by molar-refractivity contribution is 0.0903. The van der Waals surface area contributed by atoms with Crippen LogP contribution in [0.15, 0.2) is 0 Å². The van der Waals surface area contributed by atoms with E-state index >= 15 is 0 Å². The Morgan fingerprint density at radius 3 is 2.67 bits per heavy atom. The second kappa shape index (κ2) is 4.10. The highest BCUT2D eigenvalue weighted by Gasteiger charge is 2.17. The highest BCUT2D eigenvalue weighted by atomic mass is 16.5. The Labute approximate surface area is 89.6 Å². The normalized spacial score (nSPS) is 18.0. The van der Waals surface area contributed by atoms with Gasteiger partial charge in [0.1, 0.15) is 5.82 Å². The molecule has 0 bridgehead atoms. The van der Waals surface area contributed by atoms with Crippen molar-refractivity contribution in [2.24, 2.45) is 7.05 Å². The van der Waals surface area contributed by atoms with Crippen molar-refractivity contribution in [3.05, 3.63) is 5.69 Å². The van der Waals surface area contributed by atoms with Crippen molar-refractivity contribution in [2.75, 3.05) is 24.3 Å². The van der Waals surface area contributed by atoms with E-state index in [4.69, 9.17) is 10.5 Å². The van der Waals surface area contributed by atoms with Crippen LogP contribution in [0.1, 0.15) is 18.5 Å². The molecule has 0 amide bonds. The van der Waals surface area contributed by atoms with Crippen LogP contribution in [0.2, 0.25) is 0 Å².